The van der Waals surface area contributed by atoms with Crippen molar-refractivity contribution >= 4 is 0 Å². The van der Waals surface area contributed by atoms with Crippen LogP contribution < -0.4 is 0 Å². The van der Waals surface area contributed by atoms with Crippen molar-refractivity contribution in [2.75, 3.05) is 0 Å². The lowest BCUT2D eigenvalue weighted by Gasteiger charge is -2.38. The van der Waals surface area contributed by atoms with Crippen LogP contribution in [0.1, 0.15) is 108 Å². The fourth-order valence-corrected chi connectivity index (χ4v) is 8.64. The number of aromatic hydroxyl groups is 12. The highest BCUT2D eigenvalue weighted by Gasteiger charge is 2.37. The van der Waals surface area contributed by atoms with Crippen molar-refractivity contribution in [3.05, 3.63) is 143 Å². The Morgan fingerprint density at radius 2 is 0.650 bits per heavy atom. The molecule has 0 saturated carbocycles. The first kappa shape index (κ1) is 42.5. The van der Waals surface area contributed by atoms with Gasteiger partial charge in [-0.1, -0.05) is 50.2 Å². The molecule has 0 aliphatic heterocycles. The summed E-state index contributed by atoms with van der Waals surface area (Å²) >= 11 is 0. The van der Waals surface area contributed by atoms with E-state index in [-0.39, 0.29) is 69.8 Å². The van der Waals surface area contributed by atoms with Gasteiger partial charge in [-0.2, -0.15) is 0 Å². The highest BCUT2D eigenvalue weighted by atomic mass is 16.3. The van der Waals surface area contributed by atoms with Crippen molar-refractivity contribution < 1.29 is 61.3 Å². The van der Waals surface area contributed by atoms with Crippen molar-refractivity contribution in [1.82, 2.24) is 0 Å². The predicted molar refractivity (Wildman–Crippen MR) is 225 cm³/mol. The first-order valence-electron chi connectivity index (χ1n) is 19.7. The molecule has 12 nitrogen and oxygen atoms in total. The smallest absolute Gasteiger partial charge is 0.157 e. The summed E-state index contributed by atoms with van der Waals surface area (Å²) in [6.45, 7) is 3.89. The summed E-state index contributed by atoms with van der Waals surface area (Å²) in [6.07, 6.45) is 1.80. The molecule has 314 valence electrons. The number of hydrogen-bond acceptors (Lipinski definition) is 12. The molecule has 0 spiro atoms. The Labute approximate surface area is 347 Å². The Kier molecular flexibility index (Phi) is 12.6. The predicted octanol–water partition coefficient (Wildman–Crippen LogP) is 9.76. The van der Waals surface area contributed by atoms with Crippen LogP contribution in [0.25, 0.3) is 0 Å². The topological polar surface area (TPSA) is 243 Å². The van der Waals surface area contributed by atoms with Gasteiger partial charge in [-0.25, -0.2) is 0 Å². The molecule has 0 heterocycles. The maximum absolute atomic E-state index is 11.0. The van der Waals surface area contributed by atoms with Gasteiger partial charge in [-0.3, -0.25) is 0 Å². The molecule has 6 aromatic carbocycles. The Balaban J connectivity index is 1.59. The number of rotatable bonds is 15. The second-order valence-corrected chi connectivity index (χ2v) is 15.5. The highest BCUT2D eigenvalue weighted by Crippen LogP contribution is 2.54. The van der Waals surface area contributed by atoms with Crippen molar-refractivity contribution in [3.8, 4) is 69.0 Å². The molecule has 12 heteroatoms. The van der Waals surface area contributed by atoms with Crippen molar-refractivity contribution in [1.29, 1.82) is 0 Å². The first-order chi connectivity index (χ1) is 28.6. The molecule has 6 atom stereocenters. The monoisotopic (exact) mass is 818 g/mol. The summed E-state index contributed by atoms with van der Waals surface area (Å²) in [5.74, 6) is -7.18. The summed E-state index contributed by atoms with van der Waals surface area (Å²) in [7, 11) is 0. The maximum atomic E-state index is 11.0. The lowest BCUT2D eigenvalue weighted by molar-refractivity contribution is 0.358. The summed E-state index contributed by atoms with van der Waals surface area (Å²) in [4.78, 5) is 0. The van der Waals surface area contributed by atoms with Crippen molar-refractivity contribution in [3.63, 3.8) is 0 Å². The molecule has 6 rings (SSSR count). The van der Waals surface area contributed by atoms with E-state index in [1.54, 1.807) is 36.4 Å². The van der Waals surface area contributed by atoms with Gasteiger partial charge in [0.1, 0.15) is 0 Å². The summed E-state index contributed by atoms with van der Waals surface area (Å²) in [6, 6.07) is 27.1. The van der Waals surface area contributed by atoms with Crippen LogP contribution in [0.5, 0.6) is 69.0 Å². The molecule has 0 bridgehead atoms. The molecular weight excluding hydrogens is 769 g/mol. The zero-order valence-corrected chi connectivity index (χ0v) is 33.1. The lowest BCUT2D eigenvalue weighted by Crippen LogP contribution is -2.23. The highest BCUT2D eigenvalue weighted by molar-refractivity contribution is 5.50. The van der Waals surface area contributed by atoms with Crippen molar-refractivity contribution in [2.24, 2.45) is 0 Å². The Hall–Kier alpha value is -7.08. The van der Waals surface area contributed by atoms with E-state index in [4.69, 9.17) is 0 Å². The minimum absolute atomic E-state index is 0.113. The minimum Gasteiger partial charge on any atom is -0.504 e. The average Bonchev–Trinajstić information content (AvgIpc) is 3.22. The van der Waals surface area contributed by atoms with E-state index in [0.717, 1.165) is 5.56 Å². The number of hydrogen-bond donors (Lipinski definition) is 12. The molecule has 12 N–H and O–H groups in total. The maximum Gasteiger partial charge on any atom is 0.157 e. The van der Waals surface area contributed by atoms with Gasteiger partial charge in [-0.15, -0.1) is 0 Å². The third kappa shape index (κ3) is 9.13. The van der Waals surface area contributed by atoms with E-state index in [1.807, 2.05) is 13.8 Å². The molecule has 6 aromatic rings. The van der Waals surface area contributed by atoms with Gasteiger partial charge in [0.05, 0.1) is 0 Å². The summed E-state index contributed by atoms with van der Waals surface area (Å²) < 4.78 is 0. The number of benzene rings is 6. The molecule has 0 aliphatic rings. The number of phenolic OH excluding ortho intramolecular Hbond substituents is 12. The average molecular weight is 819 g/mol. The van der Waals surface area contributed by atoms with Crippen LogP contribution >= 0.6 is 0 Å². The van der Waals surface area contributed by atoms with Crippen LogP contribution in [0.4, 0.5) is 0 Å². The molecule has 0 radical (unpaired) electrons. The molecule has 6 unspecified atom stereocenters. The fourth-order valence-electron chi connectivity index (χ4n) is 8.64. The van der Waals surface area contributed by atoms with Crippen LogP contribution in [0.2, 0.25) is 0 Å². The third-order valence-corrected chi connectivity index (χ3v) is 11.9. The summed E-state index contributed by atoms with van der Waals surface area (Å²) in [5, 5.41) is 127. The minimum atomic E-state index is -0.656. The van der Waals surface area contributed by atoms with E-state index < -0.39 is 41.1 Å². The zero-order chi connectivity index (χ0) is 43.4. The third-order valence-electron chi connectivity index (χ3n) is 11.9. The Bertz CT molecular complexity index is 2460. The molecule has 0 aromatic heterocycles. The molecule has 0 fully saturated rings. The lowest BCUT2D eigenvalue weighted by atomic mass is 9.65. The molecule has 60 heavy (non-hydrogen) atoms. The van der Waals surface area contributed by atoms with E-state index >= 15 is 0 Å². The molecule has 0 amide bonds. The second kappa shape index (κ2) is 17.8. The Morgan fingerprint density at radius 1 is 0.333 bits per heavy atom. The standard InChI is InChI=1S/C48H50O12/c1-3-26(28-6-13-37(50)43(56)19-28)4-11-33(29-7-14-38(51)44(57)20-29)34(30-8-15-39(52)45(58)21-30)24-35(31-9-16-40(53)46(59)22-31)48(32-10-17-41(54)47(60)23-32)25(2)27-5-12-36(49)42(55)18-27/h5-10,12-23,25-26,33-35,48-60H,3-4,11,24H2,1-2H3. The van der Waals surface area contributed by atoms with Crippen LogP contribution in [0, 0.1) is 0 Å². The van der Waals surface area contributed by atoms with E-state index in [0.29, 0.717) is 47.1 Å². The summed E-state index contributed by atoms with van der Waals surface area (Å²) in [5.41, 5.74) is 3.67. The van der Waals surface area contributed by atoms with Gasteiger partial charge in [0, 0.05) is 0 Å². The Morgan fingerprint density at radius 3 is 1.07 bits per heavy atom. The van der Waals surface area contributed by atoms with Gasteiger partial charge in [0.2, 0.25) is 0 Å². The normalized spacial score (nSPS) is 14.5. The van der Waals surface area contributed by atoms with Crippen molar-refractivity contribution in [2.45, 2.75) is 75.0 Å². The molecular formula is C48H50O12. The second-order valence-electron chi connectivity index (χ2n) is 15.5. The largest absolute Gasteiger partial charge is 0.504 e. The van der Waals surface area contributed by atoms with Crippen LogP contribution in [-0.2, 0) is 0 Å². The first-order valence-corrected chi connectivity index (χ1v) is 19.7. The fraction of sp³-hybridized carbons (Fsp3) is 0.250. The van der Waals surface area contributed by atoms with Crippen LogP contribution in [0.15, 0.2) is 109 Å². The van der Waals surface area contributed by atoms with Gasteiger partial charge >= 0.3 is 0 Å². The van der Waals surface area contributed by atoms with Gasteiger partial charge in [0.15, 0.2) is 69.0 Å². The van der Waals surface area contributed by atoms with E-state index in [2.05, 4.69) is 0 Å². The van der Waals surface area contributed by atoms with Gasteiger partial charge in [-0.05, 0) is 167 Å². The van der Waals surface area contributed by atoms with Gasteiger partial charge in [0.25, 0.3) is 0 Å². The van der Waals surface area contributed by atoms with E-state index in [9.17, 15) is 61.3 Å². The molecule has 0 saturated heterocycles. The quantitative estimate of drug-likeness (QED) is 0.0433. The number of phenols is 12. The SMILES string of the molecule is CCC(CCC(c1ccc(O)c(O)c1)C(CC(c1ccc(O)c(O)c1)C(c1ccc(O)c(O)c1)C(C)c1ccc(O)c(O)c1)c1ccc(O)c(O)c1)c1ccc(O)c(O)c1. The van der Waals surface area contributed by atoms with E-state index in [1.165, 1.54) is 72.8 Å². The van der Waals surface area contributed by atoms with Crippen LogP contribution in [0.3, 0.4) is 0 Å². The van der Waals surface area contributed by atoms with Gasteiger partial charge < -0.3 is 61.3 Å². The molecule has 0 aliphatic carbocycles. The van der Waals surface area contributed by atoms with Crippen LogP contribution in [-0.4, -0.2) is 61.3 Å². The zero-order valence-electron chi connectivity index (χ0n) is 33.1.